The van der Waals surface area contributed by atoms with Crippen molar-refractivity contribution in [3.8, 4) is 0 Å². The smallest absolute Gasteiger partial charge is 0.224 e. The van der Waals surface area contributed by atoms with Crippen LogP contribution in [0, 0.1) is 11.8 Å². The molecule has 1 aliphatic rings. The van der Waals surface area contributed by atoms with Crippen LogP contribution in [0.3, 0.4) is 0 Å². The zero-order valence-corrected chi connectivity index (χ0v) is 12.7. The van der Waals surface area contributed by atoms with Crippen molar-refractivity contribution in [3.05, 3.63) is 70.7 Å². The quantitative estimate of drug-likeness (QED) is 0.900. The Bertz CT molecular complexity index is 623. The predicted molar refractivity (Wildman–Crippen MR) is 85.2 cm³/mol. The Hall–Kier alpha value is -1.80. The summed E-state index contributed by atoms with van der Waals surface area (Å²) < 4.78 is 0. The van der Waals surface area contributed by atoms with Crippen molar-refractivity contribution in [2.75, 3.05) is 0 Å². The van der Waals surface area contributed by atoms with Gasteiger partial charge in [-0.3, -0.25) is 4.79 Å². The number of halogens is 1. The maximum absolute atomic E-state index is 12.3. The zero-order chi connectivity index (χ0) is 14.8. The lowest BCUT2D eigenvalue weighted by molar-refractivity contribution is -0.123. The predicted octanol–water partition coefficient (Wildman–Crippen LogP) is 4.20. The van der Waals surface area contributed by atoms with E-state index in [9.17, 15) is 4.79 Å². The van der Waals surface area contributed by atoms with E-state index in [1.54, 1.807) is 0 Å². The van der Waals surface area contributed by atoms with Crippen LogP contribution >= 0.6 is 11.6 Å². The standard InChI is InChI=1S/C18H18ClNO/c1-12-11-16(12)18(21)20-17(13-5-3-2-4-6-13)14-7-9-15(19)10-8-14/h2-10,12,16-17H,11H2,1H3,(H,20,21). The summed E-state index contributed by atoms with van der Waals surface area (Å²) in [5, 5.41) is 3.88. The third-order valence-electron chi connectivity index (χ3n) is 4.07. The van der Waals surface area contributed by atoms with Gasteiger partial charge in [0.1, 0.15) is 0 Å². The van der Waals surface area contributed by atoms with E-state index in [1.165, 1.54) is 0 Å². The molecule has 1 N–H and O–H groups in total. The van der Waals surface area contributed by atoms with E-state index < -0.39 is 0 Å². The Morgan fingerprint density at radius 3 is 2.24 bits per heavy atom. The molecule has 108 valence electrons. The second kappa shape index (κ2) is 5.90. The molecule has 2 aromatic carbocycles. The second-order valence-electron chi connectivity index (χ2n) is 5.72. The van der Waals surface area contributed by atoms with E-state index in [0.29, 0.717) is 10.9 Å². The molecule has 1 fully saturated rings. The van der Waals surface area contributed by atoms with Crippen LogP contribution in [0.1, 0.15) is 30.5 Å². The van der Waals surface area contributed by atoms with Gasteiger partial charge in [-0.05, 0) is 35.6 Å². The first-order valence-electron chi connectivity index (χ1n) is 7.26. The van der Waals surface area contributed by atoms with Crippen LogP contribution in [0.4, 0.5) is 0 Å². The van der Waals surface area contributed by atoms with Gasteiger partial charge < -0.3 is 5.32 Å². The summed E-state index contributed by atoms with van der Waals surface area (Å²) in [5.41, 5.74) is 2.13. The van der Waals surface area contributed by atoms with E-state index in [4.69, 9.17) is 11.6 Å². The van der Waals surface area contributed by atoms with Crippen LogP contribution in [0.15, 0.2) is 54.6 Å². The summed E-state index contributed by atoms with van der Waals surface area (Å²) in [7, 11) is 0. The van der Waals surface area contributed by atoms with Crippen LogP contribution in [0.5, 0.6) is 0 Å². The fourth-order valence-electron chi connectivity index (χ4n) is 2.60. The molecular formula is C18H18ClNO. The Kier molecular flexibility index (Phi) is 3.98. The highest BCUT2D eigenvalue weighted by Crippen LogP contribution is 2.38. The molecule has 0 heterocycles. The number of amides is 1. The maximum Gasteiger partial charge on any atom is 0.224 e. The monoisotopic (exact) mass is 299 g/mol. The number of carbonyl (C=O) groups excluding carboxylic acids is 1. The fourth-order valence-corrected chi connectivity index (χ4v) is 2.72. The van der Waals surface area contributed by atoms with Crippen LogP contribution in [-0.2, 0) is 4.79 Å². The summed E-state index contributed by atoms with van der Waals surface area (Å²) in [6.45, 7) is 2.12. The van der Waals surface area contributed by atoms with Crippen LogP contribution in [0.25, 0.3) is 0 Å². The van der Waals surface area contributed by atoms with Crippen molar-refractivity contribution in [1.29, 1.82) is 0 Å². The van der Waals surface area contributed by atoms with Gasteiger partial charge in [-0.2, -0.15) is 0 Å². The summed E-state index contributed by atoms with van der Waals surface area (Å²) in [6.07, 6.45) is 0.994. The van der Waals surface area contributed by atoms with Gasteiger partial charge in [0.05, 0.1) is 6.04 Å². The molecule has 3 rings (SSSR count). The molecule has 2 nitrogen and oxygen atoms in total. The summed E-state index contributed by atoms with van der Waals surface area (Å²) in [5.74, 6) is 0.821. The van der Waals surface area contributed by atoms with E-state index >= 15 is 0 Å². The molecule has 1 amide bonds. The van der Waals surface area contributed by atoms with Gasteiger partial charge in [0, 0.05) is 10.9 Å². The molecule has 1 saturated carbocycles. The number of hydrogen-bond acceptors (Lipinski definition) is 1. The number of hydrogen-bond donors (Lipinski definition) is 1. The van der Waals surface area contributed by atoms with E-state index in [-0.39, 0.29) is 17.9 Å². The molecule has 0 aromatic heterocycles. The van der Waals surface area contributed by atoms with Crippen LogP contribution in [0.2, 0.25) is 5.02 Å². The Balaban J connectivity index is 1.87. The van der Waals surface area contributed by atoms with E-state index in [1.807, 2.05) is 54.6 Å². The van der Waals surface area contributed by atoms with Gasteiger partial charge in [-0.25, -0.2) is 0 Å². The minimum atomic E-state index is -0.122. The maximum atomic E-state index is 12.3. The third-order valence-corrected chi connectivity index (χ3v) is 4.32. The number of benzene rings is 2. The van der Waals surface area contributed by atoms with Gasteiger partial charge in [0.2, 0.25) is 5.91 Å². The first kappa shape index (κ1) is 14.2. The number of nitrogens with one attached hydrogen (secondary N) is 1. The largest absolute Gasteiger partial charge is 0.345 e. The van der Waals surface area contributed by atoms with Crippen molar-refractivity contribution in [1.82, 2.24) is 5.32 Å². The van der Waals surface area contributed by atoms with Gasteiger partial charge >= 0.3 is 0 Å². The van der Waals surface area contributed by atoms with Crippen molar-refractivity contribution in [2.45, 2.75) is 19.4 Å². The average Bonchev–Trinajstić information content (AvgIpc) is 3.24. The molecule has 1 aliphatic carbocycles. The topological polar surface area (TPSA) is 29.1 Å². The van der Waals surface area contributed by atoms with Crippen LogP contribution < -0.4 is 5.32 Å². The highest BCUT2D eigenvalue weighted by atomic mass is 35.5. The average molecular weight is 300 g/mol. The van der Waals surface area contributed by atoms with Crippen molar-refractivity contribution >= 4 is 17.5 Å². The lowest BCUT2D eigenvalue weighted by Gasteiger charge is -2.20. The Labute approximate surface area is 130 Å². The van der Waals surface area contributed by atoms with E-state index in [2.05, 4.69) is 12.2 Å². The number of carbonyl (C=O) groups is 1. The fraction of sp³-hybridized carbons (Fsp3) is 0.278. The van der Waals surface area contributed by atoms with Crippen LogP contribution in [-0.4, -0.2) is 5.91 Å². The minimum Gasteiger partial charge on any atom is -0.345 e. The van der Waals surface area contributed by atoms with Crippen molar-refractivity contribution < 1.29 is 4.79 Å². The Morgan fingerprint density at radius 1 is 1.10 bits per heavy atom. The molecule has 0 spiro atoms. The molecule has 3 atom stereocenters. The molecule has 21 heavy (non-hydrogen) atoms. The SMILES string of the molecule is CC1CC1C(=O)NC(c1ccccc1)c1ccc(Cl)cc1. The molecule has 3 heteroatoms. The summed E-state index contributed by atoms with van der Waals surface area (Å²) in [4.78, 5) is 12.3. The summed E-state index contributed by atoms with van der Waals surface area (Å²) >= 11 is 5.96. The van der Waals surface area contributed by atoms with E-state index in [0.717, 1.165) is 17.5 Å². The van der Waals surface area contributed by atoms with Gasteiger partial charge in [0.25, 0.3) is 0 Å². The molecule has 0 radical (unpaired) electrons. The minimum absolute atomic E-state index is 0.122. The Morgan fingerprint density at radius 2 is 1.67 bits per heavy atom. The zero-order valence-electron chi connectivity index (χ0n) is 11.9. The van der Waals surface area contributed by atoms with Crippen molar-refractivity contribution in [3.63, 3.8) is 0 Å². The molecule has 0 saturated heterocycles. The third kappa shape index (κ3) is 3.27. The second-order valence-corrected chi connectivity index (χ2v) is 6.16. The lowest BCUT2D eigenvalue weighted by atomic mass is 9.98. The summed E-state index contributed by atoms with van der Waals surface area (Å²) in [6, 6.07) is 17.6. The van der Waals surface area contributed by atoms with Gasteiger partial charge in [-0.15, -0.1) is 0 Å². The lowest BCUT2D eigenvalue weighted by Crippen LogP contribution is -2.30. The van der Waals surface area contributed by atoms with Gasteiger partial charge in [0.15, 0.2) is 0 Å². The van der Waals surface area contributed by atoms with Crippen molar-refractivity contribution in [2.24, 2.45) is 11.8 Å². The van der Waals surface area contributed by atoms with Gasteiger partial charge in [-0.1, -0.05) is 61.0 Å². The number of rotatable bonds is 4. The molecule has 0 aliphatic heterocycles. The normalized spacial score (nSPS) is 21.6. The molecule has 2 aromatic rings. The highest BCUT2D eigenvalue weighted by Gasteiger charge is 2.39. The molecule has 0 bridgehead atoms. The first-order chi connectivity index (χ1) is 10.1. The first-order valence-corrected chi connectivity index (χ1v) is 7.64. The molecular weight excluding hydrogens is 282 g/mol. The highest BCUT2D eigenvalue weighted by molar-refractivity contribution is 6.30. The molecule has 3 unspecified atom stereocenters.